The second kappa shape index (κ2) is 2.02. The van der Waals surface area contributed by atoms with Gasteiger partial charge in [-0.25, -0.2) is 4.79 Å². The van der Waals surface area contributed by atoms with E-state index in [1.54, 1.807) is 0 Å². The highest BCUT2D eigenvalue weighted by Gasteiger charge is 2.19. The number of carbonyl (C=O) groups excluding carboxylic acids is 2. The van der Waals surface area contributed by atoms with Crippen LogP contribution in [0.5, 0.6) is 0 Å². The Balaban J connectivity index is 2.53. The topological polar surface area (TPSA) is 84.2 Å². The van der Waals surface area contributed by atoms with Gasteiger partial charge in [0.15, 0.2) is 0 Å². The molecule has 1 aliphatic heterocycles. The Bertz CT molecular complexity index is 140. The molecule has 0 aromatic heterocycles. The van der Waals surface area contributed by atoms with Crippen molar-refractivity contribution in [3.05, 3.63) is 0 Å². The third-order valence-electron chi connectivity index (χ3n) is 0.975. The second-order valence-corrected chi connectivity index (χ2v) is 1.83. The first-order chi connectivity index (χ1) is 4.18. The summed E-state index contributed by atoms with van der Waals surface area (Å²) in [6.07, 6.45) is -0.364. The number of amides is 3. The van der Waals surface area contributed by atoms with Crippen LogP contribution in [0.2, 0.25) is 0 Å². The molecule has 0 bridgehead atoms. The van der Waals surface area contributed by atoms with Gasteiger partial charge in [0.1, 0.15) is 0 Å². The number of nitrogens with one attached hydrogen (secondary N) is 2. The van der Waals surface area contributed by atoms with E-state index in [0.29, 0.717) is 0 Å². The van der Waals surface area contributed by atoms with Crippen molar-refractivity contribution in [2.24, 2.45) is 5.73 Å². The molecule has 0 radical (unpaired) electrons. The van der Waals surface area contributed by atoms with Crippen LogP contribution < -0.4 is 16.4 Å². The van der Waals surface area contributed by atoms with Gasteiger partial charge in [-0.1, -0.05) is 0 Å². The van der Waals surface area contributed by atoms with Crippen molar-refractivity contribution in [3.63, 3.8) is 0 Å². The van der Waals surface area contributed by atoms with E-state index >= 15 is 0 Å². The maximum Gasteiger partial charge on any atom is 0.322 e. The predicted octanol–water partition coefficient (Wildman–Crippen LogP) is -1.50. The minimum atomic E-state index is -0.522. The van der Waals surface area contributed by atoms with Crippen LogP contribution in [0, 0.1) is 0 Å². The molecule has 1 fully saturated rings. The maximum atomic E-state index is 10.4. The highest BCUT2D eigenvalue weighted by Crippen LogP contribution is 1.89. The minimum absolute atomic E-state index is 0.158. The normalized spacial score (nSPS) is 27.0. The van der Waals surface area contributed by atoms with Crippen LogP contribution in [0.1, 0.15) is 6.42 Å². The summed E-state index contributed by atoms with van der Waals surface area (Å²) in [5.41, 5.74) is 5.22. The van der Waals surface area contributed by atoms with Crippen LogP contribution in [-0.4, -0.2) is 18.1 Å². The molecule has 1 heterocycles. The Kier molecular flexibility index (Phi) is 1.35. The molecule has 0 aromatic rings. The molecule has 0 saturated carbocycles. The zero-order valence-corrected chi connectivity index (χ0v) is 4.68. The Morgan fingerprint density at radius 3 is 2.67 bits per heavy atom. The molecule has 0 aliphatic carbocycles. The fourth-order valence-corrected chi connectivity index (χ4v) is 0.633. The fraction of sp³-hybridized carbons (Fsp3) is 0.500. The molecule has 1 unspecified atom stereocenters. The molecule has 1 saturated heterocycles. The van der Waals surface area contributed by atoms with Crippen molar-refractivity contribution < 1.29 is 9.59 Å². The number of urea groups is 1. The fourth-order valence-electron chi connectivity index (χ4n) is 0.633. The van der Waals surface area contributed by atoms with E-state index in [1.807, 2.05) is 5.32 Å². The van der Waals surface area contributed by atoms with E-state index in [2.05, 4.69) is 5.32 Å². The van der Waals surface area contributed by atoms with Gasteiger partial charge in [-0.05, 0) is 0 Å². The second-order valence-electron chi connectivity index (χ2n) is 1.83. The van der Waals surface area contributed by atoms with Crippen molar-refractivity contribution in [2.45, 2.75) is 12.6 Å². The lowest BCUT2D eigenvalue weighted by Crippen LogP contribution is -2.55. The van der Waals surface area contributed by atoms with Gasteiger partial charge in [-0.2, -0.15) is 0 Å². The monoisotopic (exact) mass is 129 g/mol. The lowest BCUT2D eigenvalue weighted by atomic mass is 10.3. The van der Waals surface area contributed by atoms with Gasteiger partial charge in [0.2, 0.25) is 5.91 Å². The molecule has 1 rings (SSSR count). The van der Waals surface area contributed by atoms with Gasteiger partial charge < -0.3 is 11.1 Å². The van der Waals surface area contributed by atoms with Gasteiger partial charge in [0, 0.05) is 0 Å². The van der Waals surface area contributed by atoms with Crippen molar-refractivity contribution in [1.29, 1.82) is 0 Å². The average molecular weight is 129 g/mol. The molecule has 0 aromatic carbocycles. The summed E-state index contributed by atoms with van der Waals surface area (Å²) in [5.74, 6) is -0.328. The van der Waals surface area contributed by atoms with Gasteiger partial charge in [0.25, 0.3) is 0 Å². The molecule has 3 amide bonds. The van der Waals surface area contributed by atoms with Crippen molar-refractivity contribution in [1.82, 2.24) is 10.6 Å². The summed E-state index contributed by atoms with van der Waals surface area (Å²) in [6.45, 7) is 0. The number of rotatable bonds is 0. The third kappa shape index (κ3) is 1.39. The van der Waals surface area contributed by atoms with E-state index in [9.17, 15) is 9.59 Å². The largest absolute Gasteiger partial charge is 0.322 e. The van der Waals surface area contributed by atoms with Gasteiger partial charge in [-0.15, -0.1) is 0 Å². The Morgan fingerprint density at radius 2 is 2.22 bits per heavy atom. The minimum Gasteiger partial charge on any atom is -0.322 e. The highest BCUT2D eigenvalue weighted by atomic mass is 16.2. The number of hydrogen-bond donors (Lipinski definition) is 3. The van der Waals surface area contributed by atoms with Crippen LogP contribution in [0.15, 0.2) is 0 Å². The number of hydrogen-bond acceptors (Lipinski definition) is 3. The first-order valence-corrected chi connectivity index (χ1v) is 2.54. The molecule has 0 spiro atoms. The zero-order chi connectivity index (χ0) is 6.85. The number of carbonyl (C=O) groups is 2. The smallest absolute Gasteiger partial charge is 0.322 e. The molecular formula is C4H7N3O2. The van der Waals surface area contributed by atoms with Crippen molar-refractivity contribution in [3.8, 4) is 0 Å². The van der Waals surface area contributed by atoms with Crippen LogP contribution in [-0.2, 0) is 4.79 Å². The van der Waals surface area contributed by atoms with Crippen molar-refractivity contribution >= 4 is 11.9 Å². The number of nitrogens with two attached hydrogens (primary N) is 1. The van der Waals surface area contributed by atoms with Gasteiger partial charge in [0.05, 0.1) is 12.6 Å². The molecule has 1 atom stereocenters. The first-order valence-electron chi connectivity index (χ1n) is 2.54. The highest BCUT2D eigenvalue weighted by molar-refractivity contribution is 5.96. The predicted molar refractivity (Wildman–Crippen MR) is 29.3 cm³/mol. The summed E-state index contributed by atoms with van der Waals surface area (Å²) >= 11 is 0. The summed E-state index contributed by atoms with van der Waals surface area (Å²) < 4.78 is 0. The quantitative estimate of drug-likeness (QED) is 0.372. The molecule has 5 nitrogen and oxygen atoms in total. The third-order valence-corrected chi connectivity index (χ3v) is 0.975. The lowest BCUT2D eigenvalue weighted by molar-refractivity contribution is -0.121. The Labute approximate surface area is 51.6 Å². The molecule has 1 aliphatic rings. The van der Waals surface area contributed by atoms with E-state index in [4.69, 9.17) is 5.73 Å². The summed E-state index contributed by atoms with van der Waals surface area (Å²) in [5, 5.41) is 4.36. The summed E-state index contributed by atoms with van der Waals surface area (Å²) in [7, 11) is 0. The zero-order valence-electron chi connectivity index (χ0n) is 4.68. The van der Waals surface area contributed by atoms with E-state index in [-0.39, 0.29) is 12.3 Å². The average Bonchev–Trinajstić information content (AvgIpc) is 1.59. The van der Waals surface area contributed by atoms with E-state index in [0.717, 1.165) is 0 Å². The standard InChI is InChI=1S/C4H7N3O2/c5-2-1-3(8)7-4(9)6-2/h2H,1,5H2,(H2,6,7,8,9). The summed E-state index contributed by atoms with van der Waals surface area (Å²) in [4.78, 5) is 20.8. The van der Waals surface area contributed by atoms with Gasteiger partial charge >= 0.3 is 6.03 Å². The lowest BCUT2D eigenvalue weighted by Gasteiger charge is -2.18. The van der Waals surface area contributed by atoms with Crippen LogP contribution in [0.25, 0.3) is 0 Å². The maximum absolute atomic E-state index is 10.4. The van der Waals surface area contributed by atoms with E-state index in [1.165, 1.54) is 0 Å². The summed E-state index contributed by atoms with van der Waals surface area (Å²) in [6, 6.07) is -0.515. The van der Waals surface area contributed by atoms with Crippen molar-refractivity contribution in [2.75, 3.05) is 0 Å². The molecule has 5 heteroatoms. The Morgan fingerprint density at radius 1 is 1.56 bits per heavy atom. The van der Waals surface area contributed by atoms with Gasteiger partial charge in [-0.3, -0.25) is 10.1 Å². The number of imide groups is 1. The van der Waals surface area contributed by atoms with Crippen LogP contribution in [0.4, 0.5) is 4.79 Å². The SMILES string of the molecule is NC1CC(=O)NC(=O)N1. The Hall–Kier alpha value is -1.10. The van der Waals surface area contributed by atoms with Crippen LogP contribution >= 0.6 is 0 Å². The molecule has 9 heavy (non-hydrogen) atoms. The first kappa shape index (κ1) is 6.03. The molecule has 50 valence electrons. The molecular weight excluding hydrogens is 122 g/mol. The molecule has 4 N–H and O–H groups in total. The van der Waals surface area contributed by atoms with Crippen LogP contribution in [0.3, 0.4) is 0 Å². The van der Waals surface area contributed by atoms with E-state index < -0.39 is 12.2 Å².